The molecule has 0 saturated carbocycles. The van der Waals surface area contributed by atoms with Crippen molar-refractivity contribution in [1.29, 1.82) is 0 Å². The summed E-state index contributed by atoms with van der Waals surface area (Å²) in [5.41, 5.74) is 0. The van der Waals surface area contributed by atoms with Crippen LogP contribution in [0.15, 0.2) is 0 Å². The molecule has 0 heterocycles. The smallest absolute Gasteiger partial charge is 0.146 e. The van der Waals surface area contributed by atoms with Crippen LogP contribution in [0.3, 0.4) is 0 Å². The Morgan fingerprint density at radius 2 is 1.80 bits per heavy atom. The Bertz CT molecular complexity index is 86.1. The van der Waals surface area contributed by atoms with Crippen molar-refractivity contribution >= 4 is 28.9 Å². The molecule has 0 amide bonds. The molecule has 0 saturated heterocycles. The van der Waals surface area contributed by atoms with Crippen LogP contribution < -0.4 is 0 Å². The number of hydrogen-bond donors (Lipinski definition) is 0. The minimum absolute atomic E-state index is 0.782. The fourth-order valence-corrected chi connectivity index (χ4v) is 2.45. The van der Waals surface area contributed by atoms with Crippen LogP contribution in [-0.4, -0.2) is 6.69 Å². The van der Waals surface area contributed by atoms with Gasteiger partial charge in [-0.2, -0.15) is 0 Å². The zero-order chi connectivity index (χ0) is 8.20. The van der Waals surface area contributed by atoms with E-state index in [-0.39, 0.29) is 0 Å². The highest BCUT2D eigenvalue weighted by atomic mass is 35.7. The number of hydrogen-bond acceptors (Lipinski definition) is 0. The summed E-state index contributed by atoms with van der Waals surface area (Å²) in [6, 6.07) is 1.04. The van der Waals surface area contributed by atoms with E-state index >= 15 is 0 Å². The highest BCUT2D eigenvalue weighted by molar-refractivity contribution is 7.44. The standard InChI is InChI=1S/C7H16Cl2Si/c1-7(2)5-4-6-10(3,8)9/h7H,4-6H2,1-3H3. The first-order chi connectivity index (χ1) is 4.42. The van der Waals surface area contributed by atoms with E-state index in [1.165, 1.54) is 12.8 Å². The molecular formula is C7H16Cl2Si. The Morgan fingerprint density at radius 3 is 2.10 bits per heavy atom. The largest absolute Gasteiger partial charge is 0.248 e. The lowest BCUT2D eigenvalue weighted by atomic mass is 10.1. The van der Waals surface area contributed by atoms with Gasteiger partial charge in [-0.15, -0.1) is 22.2 Å². The van der Waals surface area contributed by atoms with Gasteiger partial charge in [-0.3, -0.25) is 0 Å². The molecule has 0 spiro atoms. The van der Waals surface area contributed by atoms with Gasteiger partial charge >= 0.3 is 0 Å². The minimum atomic E-state index is -1.78. The summed E-state index contributed by atoms with van der Waals surface area (Å²) in [6.45, 7) is 4.65. The average molecular weight is 199 g/mol. The normalized spacial score (nSPS) is 12.6. The van der Waals surface area contributed by atoms with Crippen molar-refractivity contribution in [2.24, 2.45) is 5.92 Å². The van der Waals surface area contributed by atoms with Crippen molar-refractivity contribution in [3.8, 4) is 0 Å². The minimum Gasteiger partial charge on any atom is -0.146 e. The first-order valence-electron chi connectivity index (χ1n) is 3.79. The molecule has 0 atom stereocenters. The van der Waals surface area contributed by atoms with E-state index in [9.17, 15) is 0 Å². The molecule has 0 aromatic rings. The van der Waals surface area contributed by atoms with Gasteiger partial charge in [0, 0.05) is 0 Å². The van der Waals surface area contributed by atoms with Crippen LogP contribution in [-0.2, 0) is 0 Å². The molecule has 0 bridgehead atoms. The van der Waals surface area contributed by atoms with Crippen LogP contribution in [0.4, 0.5) is 0 Å². The fraction of sp³-hybridized carbons (Fsp3) is 1.00. The molecule has 0 aliphatic heterocycles. The fourth-order valence-electron chi connectivity index (χ4n) is 0.821. The van der Waals surface area contributed by atoms with Crippen LogP contribution in [0, 0.1) is 5.92 Å². The zero-order valence-corrected chi connectivity index (χ0v) is 9.47. The summed E-state index contributed by atoms with van der Waals surface area (Å²) in [4.78, 5) is 0. The van der Waals surface area contributed by atoms with Gasteiger partial charge in [0.15, 0.2) is 0 Å². The first kappa shape index (κ1) is 10.8. The van der Waals surface area contributed by atoms with Crippen LogP contribution in [0.25, 0.3) is 0 Å². The van der Waals surface area contributed by atoms with E-state index in [0.29, 0.717) is 0 Å². The summed E-state index contributed by atoms with van der Waals surface area (Å²) in [6.07, 6.45) is 2.44. The second kappa shape index (κ2) is 4.63. The van der Waals surface area contributed by atoms with Crippen molar-refractivity contribution < 1.29 is 0 Å². The Balaban J connectivity index is 3.21. The Hall–Kier alpha value is 0.797. The summed E-state index contributed by atoms with van der Waals surface area (Å²) in [7, 11) is 0. The van der Waals surface area contributed by atoms with Crippen LogP contribution in [0.1, 0.15) is 26.7 Å². The van der Waals surface area contributed by atoms with Crippen molar-refractivity contribution in [3.05, 3.63) is 0 Å². The highest BCUT2D eigenvalue weighted by Gasteiger charge is 2.19. The Morgan fingerprint density at radius 1 is 1.30 bits per heavy atom. The predicted molar refractivity (Wildman–Crippen MR) is 52.2 cm³/mol. The summed E-state index contributed by atoms with van der Waals surface area (Å²) >= 11 is 11.8. The van der Waals surface area contributed by atoms with Crippen molar-refractivity contribution in [3.63, 3.8) is 0 Å². The highest BCUT2D eigenvalue weighted by Crippen LogP contribution is 2.23. The van der Waals surface area contributed by atoms with Crippen molar-refractivity contribution in [2.75, 3.05) is 0 Å². The lowest BCUT2D eigenvalue weighted by Crippen LogP contribution is -2.11. The third-order valence-corrected chi connectivity index (χ3v) is 3.76. The number of halogens is 2. The second-order valence-corrected chi connectivity index (χ2v) is 11.6. The molecule has 3 heteroatoms. The van der Waals surface area contributed by atoms with E-state index in [1.54, 1.807) is 0 Å². The molecule has 0 aliphatic carbocycles. The van der Waals surface area contributed by atoms with E-state index in [2.05, 4.69) is 13.8 Å². The van der Waals surface area contributed by atoms with Gasteiger partial charge in [0.1, 0.15) is 0 Å². The second-order valence-electron chi connectivity index (χ2n) is 3.36. The maximum atomic E-state index is 5.92. The summed E-state index contributed by atoms with van der Waals surface area (Å²) < 4.78 is 0. The SMILES string of the molecule is CC(C)CCC[Si](C)(Cl)Cl. The average Bonchev–Trinajstić information content (AvgIpc) is 1.59. The third kappa shape index (κ3) is 8.80. The monoisotopic (exact) mass is 198 g/mol. The lowest BCUT2D eigenvalue weighted by Gasteiger charge is -2.10. The molecule has 0 aromatic heterocycles. The number of rotatable bonds is 4. The molecular weight excluding hydrogens is 183 g/mol. The quantitative estimate of drug-likeness (QED) is 0.474. The van der Waals surface area contributed by atoms with Crippen LogP contribution >= 0.6 is 22.2 Å². The molecule has 0 unspecified atom stereocenters. The van der Waals surface area contributed by atoms with E-state index in [4.69, 9.17) is 22.2 Å². The molecule has 0 radical (unpaired) electrons. The van der Waals surface area contributed by atoms with Gasteiger partial charge in [0.25, 0.3) is 0 Å². The lowest BCUT2D eigenvalue weighted by molar-refractivity contribution is 0.575. The summed E-state index contributed by atoms with van der Waals surface area (Å²) in [5.74, 6) is 0.782. The molecule has 0 rings (SSSR count). The van der Waals surface area contributed by atoms with Crippen molar-refractivity contribution in [1.82, 2.24) is 0 Å². The molecule has 0 N–H and O–H groups in total. The Labute approximate surface area is 74.3 Å². The van der Waals surface area contributed by atoms with Gasteiger partial charge in [-0.1, -0.05) is 26.7 Å². The maximum absolute atomic E-state index is 5.92. The van der Waals surface area contributed by atoms with E-state index < -0.39 is 6.69 Å². The van der Waals surface area contributed by atoms with E-state index in [0.717, 1.165) is 12.0 Å². The topological polar surface area (TPSA) is 0 Å². The van der Waals surface area contributed by atoms with Gasteiger partial charge in [0.05, 0.1) is 0 Å². The molecule has 10 heavy (non-hydrogen) atoms. The Kier molecular flexibility index (Phi) is 5.00. The summed E-state index contributed by atoms with van der Waals surface area (Å²) in [5, 5.41) is 0. The molecule has 0 fully saturated rings. The van der Waals surface area contributed by atoms with Crippen molar-refractivity contribution in [2.45, 2.75) is 39.3 Å². The van der Waals surface area contributed by atoms with E-state index in [1.807, 2.05) is 6.55 Å². The van der Waals surface area contributed by atoms with Gasteiger partial charge in [-0.25, -0.2) is 0 Å². The van der Waals surface area contributed by atoms with Gasteiger partial charge < -0.3 is 0 Å². The molecule has 0 nitrogen and oxygen atoms in total. The maximum Gasteiger partial charge on any atom is 0.248 e. The molecule has 0 aromatic carbocycles. The molecule has 62 valence electrons. The van der Waals surface area contributed by atoms with Gasteiger partial charge in [0.2, 0.25) is 6.69 Å². The zero-order valence-electron chi connectivity index (χ0n) is 6.95. The van der Waals surface area contributed by atoms with Crippen LogP contribution in [0.5, 0.6) is 0 Å². The predicted octanol–water partition coefficient (Wildman–Crippen LogP) is 3.97. The third-order valence-electron chi connectivity index (χ3n) is 1.40. The van der Waals surface area contributed by atoms with Gasteiger partial charge in [-0.05, 0) is 18.5 Å². The van der Waals surface area contributed by atoms with Crippen LogP contribution in [0.2, 0.25) is 12.6 Å². The molecule has 0 aliphatic rings. The first-order valence-corrected chi connectivity index (χ1v) is 8.53.